The summed E-state index contributed by atoms with van der Waals surface area (Å²) in [5, 5.41) is 6.42. The molecule has 1 heterocycles. The Morgan fingerprint density at radius 1 is 1.41 bits per heavy atom. The number of carbonyl (C=O) groups is 1. The molecule has 1 saturated carbocycles. The summed E-state index contributed by atoms with van der Waals surface area (Å²) in [6.07, 6.45) is 4.82. The highest BCUT2D eigenvalue weighted by molar-refractivity contribution is 5.79. The van der Waals surface area contributed by atoms with Gasteiger partial charge in [-0.1, -0.05) is 6.42 Å². The van der Waals surface area contributed by atoms with Crippen molar-refractivity contribution in [1.29, 1.82) is 0 Å². The molecule has 17 heavy (non-hydrogen) atoms. The lowest BCUT2D eigenvalue weighted by molar-refractivity contribution is -0.125. The fourth-order valence-electron chi connectivity index (χ4n) is 3.04. The summed E-state index contributed by atoms with van der Waals surface area (Å²) in [5.74, 6) is 0.475. The van der Waals surface area contributed by atoms with Crippen molar-refractivity contribution in [3.8, 4) is 0 Å². The largest absolute Gasteiger partial charge is 0.355 e. The van der Waals surface area contributed by atoms with E-state index < -0.39 is 0 Å². The van der Waals surface area contributed by atoms with Crippen molar-refractivity contribution in [2.45, 2.75) is 25.7 Å². The first-order valence-corrected chi connectivity index (χ1v) is 6.76. The predicted octanol–water partition coefficient (Wildman–Crippen LogP) is 0.444. The molecule has 1 unspecified atom stereocenters. The molecule has 1 aliphatic heterocycles. The zero-order chi connectivity index (χ0) is 12.3. The molecule has 2 rings (SSSR count). The van der Waals surface area contributed by atoms with E-state index in [9.17, 15) is 4.79 Å². The van der Waals surface area contributed by atoms with Crippen LogP contribution in [0.25, 0.3) is 0 Å². The second-order valence-corrected chi connectivity index (χ2v) is 5.85. The van der Waals surface area contributed by atoms with Crippen molar-refractivity contribution >= 4 is 5.91 Å². The molecule has 2 fully saturated rings. The normalized spacial score (nSPS) is 27.8. The molecule has 0 radical (unpaired) electrons. The zero-order valence-corrected chi connectivity index (χ0v) is 11.1. The SMILES string of the molecule is CNCC1(CNC(=O)C2CCN(C)C2)CCC1. The topological polar surface area (TPSA) is 44.4 Å². The first-order valence-electron chi connectivity index (χ1n) is 6.76. The van der Waals surface area contributed by atoms with Gasteiger partial charge in [0.05, 0.1) is 5.92 Å². The highest BCUT2D eigenvalue weighted by atomic mass is 16.1. The molecule has 1 atom stereocenters. The number of likely N-dealkylation sites (tertiary alicyclic amines) is 1. The number of carbonyl (C=O) groups excluding carboxylic acids is 1. The van der Waals surface area contributed by atoms with Gasteiger partial charge in [0.1, 0.15) is 0 Å². The molecule has 0 spiro atoms. The van der Waals surface area contributed by atoms with E-state index in [4.69, 9.17) is 0 Å². The van der Waals surface area contributed by atoms with Crippen LogP contribution in [0.4, 0.5) is 0 Å². The van der Waals surface area contributed by atoms with E-state index in [1.54, 1.807) is 0 Å². The second-order valence-electron chi connectivity index (χ2n) is 5.85. The minimum atomic E-state index is 0.215. The molecule has 4 heteroatoms. The van der Waals surface area contributed by atoms with Gasteiger partial charge in [-0.15, -0.1) is 0 Å². The van der Waals surface area contributed by atoms with Gasteiger partial charge in [0.25, 0.3) is 0 Å². The molecular formula is C13H25N3O. The Morgan fingerprint density at radius 3 is 2.65 bits per heavy atom. The van der Waals surface area contributed by atoms with Gasteiger partial charge in [0, 0.05) is 25.0 Å². The summed E-state index contributed by atoms with van der Waals surface area (Å²) in [5.41, 5.74) is 0.342. The summed E-state index contributed by atoms with van der Waals surface area (Å²) >= 11 is 0. The average molecular weight is 239 g/mol. The Kier molecular flexibility index (Phi) is 4.05. The van der Waals surface area contributed by atoms with E-state index in [0.717, 1.165) is 32.6 Å². The third-order valence-electron chi connectivity index (χ3n) is 4.37. The van der Waals surface area contributed by atoms with Gasteiger partial charge in [-0.2, -0.15) is 0 Å². The molecule has 2 aliphatic rings. The van der Waals surface area contributed by atoms with Gasteiger partial charge >= 0.3 is 0 Å². The molecule has 1 amide bonds. The van der Waals surface area contributed by atoms with E-state index in [2.05, 4.69) is 22.6 Å². The lowest BCUT2D eigenvalue weighted by Gasteiger charge is -2.42. The maximum absolute atomic E-state index is 12.0. The summed E-state index contributed by atoms with van der Waals surface area (Å²) in [7, 11) is 4.08. The number of nitrogens with zero attached hydrogens (tertiary/aromatic N) is 1. The summed E-state index contributed by atoms with van der Waals surface area (Å²) in [4.78, 5) is 14.3. The summed E-state index contributed by atoms with van der Waals surface area (Å²) < 4.78 is 0. The molecule has 1 aliphatic carbocycles. The van der Waals surface area contributed by atoms with Crippen molar-refractivity contribution < 1.29 is 4.79 Å². The van der Waals surface area contributed by atoms with Crippen molar-refractivity contribution in [2.24, 2.45) is 11.3 Å². The summed E-state index contributed by atoms with van der Waals surface area (Å²) in [6.45, 7) is 3.86. The van der Waals surface area contributed by atoms with Crippen LogP contribution in [-0.4, -0.2) is 51.1 Å². The fourth-order valence-corrected chi connectivity index (χ4v) is 3.04. The van der Waals surface area contributed by atoms with Gasteiger partial charge in [-0.3, -0.25) is 4.79 Å². The quantitative estimate of drug-likeness (QED) is 0.732. The first-order chi connectivity index (χ1) is 8.15. The molecular weight excluding hydrogens is 214 g/mol. The van der Waals surface area contributed by atoms with Gasteiger partial charge in [-0.25, -0.2) is 0 Å². The number of nitrogens with one attached hydrogen (secondary N) is 2. The highest BCUT2D eigenvalue weighted by Crippen LogP contribution is 2.39. The highest BCUT2D eigenvalue weighted by Gasteiger charge is 2.37. The lowest BCUT2D eigenvalue weighted by atomic mass is 9.68. The molecule has 1 saturated heterocycles. The van der Waals surface area contributed by atoms with Crippen LogP contribution in [0, 0.1) is 11.3 Å². The third-order valence-corrected chi connectivity index (χ3v) is 4.37. The molecule has 98 valence electrons. The lowest BCUT2D eigenvalue weighted by Crippen LogP contribution is -2.48. The standard InChI is InChI=1S/C13H25N3O/c1-14-9-13(5-3-6-13)10-15-12(17)11-4-7-16(2)8-11/h11,14H,3-10H2,1-2H3,(H,15,17). The monoisotopic (exact) mass is 239 g/mol. The first kappa shape index (κ1) is 12.8. The Balaban J connectivity index is 1.75. The van der Waals surface area contributed by atoms with E-state index in [1.807, 2.05) is 7.05 Å². The second kappa shape index (κ2) is 5.36. The molecule has 2 N–H and O–H groups in total. The molecule has 4 nitrogen and oxygen atoms in total. The Labute approximate surface area is 104 Å². The maximum Gasteiger partial charge on any atom is 0.224 e. The van der Waals surface area contributed by atoms with Gasteiger partial charge in [0.2, 0.25) is 5.91 Å². The van der Waals surface area contributed by atoms with Crippen LogP contribution in [0.2, 0.25) is 0 Å². The molecule has 0 aromatic rings. The minimum Gasteiger partial charge on any atom is -0.355 e. The Morgan fingerprint density at radius 2 is 2.18 bits per heavy atom. The van der Waals surface area contributed by atoms with Crippen molar-refractivity contribution in [3.63, 3.8) is 0 Å². The van der Waals surface area contributed by atoms with Crippen LogP contribution < -0.4 is 10.6 Å². The van der Waals surface area contributed by atoms with Crippen molar-refractivity contribution in [3.05, 3.63) is 0 Å². The molecule has 0 aromatic heterocycles. The number of hydrogen-bond acceptors (Lipinski definition) is 3. The Bertz CT molecular complexity index is 276. The van der Waals surface area contributed by atoms with Crippen LogP contribution in [-0.2, 0) is 4.79 Å². The predicted molar refractivity (Wildman–Crippen MR) is 68.8 cm³/mol. The average Bonchev–Trinajstić information content (AvgIpc) is 2.68. The van der Waals surface area contributed by atoms with Gasteiger partial charge in [0.15, 0.2) is 0 Å². The minimum absolute atomic E-state index is 0.215. The molecule has 0 aromatic carbocycles. The third kappa shape index (κ3) is 2.99. The van der Waals surface area contributed by atoms with E-state index in [-0.39, 0.29) is 11.8 Å². The molecule has 0 bridgehead atoms. The van der Waals surface area contributed by atoms with E-state index in [0.29, 0.717) is 5.41 Å². The zero-order valence-electron chi connectivity index (χ0n) is 11.1. The van der Waals surface area contributed by atoms with Crippen LogP contribution >= 0.6 is 0 Å². The van der Waals surface area contributed by atoms with Gasteiger partial charge in [-0.05, 0) is 39.9 Å². The van der Waals surface area contributed by atoms with Crippen LogP contribution in [0.1, 0.15) is 25.7 Å². The van der Waals surface area contributed by atoms with Crippen LogP contribution in [0.3, 0.4) is 0 Å². The van der Waals surface area contributed by atoms with Crippen LogP contribution in [0.15, 0.2) is 0 Å². The smallest absolute Gasteiger partial charge is 0.224 e. The summed E-state index contributed by atoms with van der Waals surface area (Å²) in [6, 6.07) is 0. The van der Waals surface area contributed by atoms with Crippen molar-refractivity contribution in [1.82, 2.24) is 15.5 Å². The van der Waals surface area contributed by atoms with Crippen LogP contribution in [0.5, 0.6) is 0 Å². The van der Waals surface area contributed by atoms with Gasteiger partial charge < -0.3 is 15.5 Å². The van der Waals surface area contributed by atoms with E-state index in [1.165, 1.54) is 19.3 Å². The number of rotatable bonds is 5. The fraction of sp³-hybridized carbons (Fsp3) is 0.923. The number of hydrogen-bond donors (Lipinski definition) is 2. The number of amides is 1. The van der Waals surface area contributed by atoms with Crippen molar-refractivity contribution in [2.75, 3.05) is 40.3 Å². The maximum atomic E-state index is 12.0. The Hall–Kier alpha value is -0.610. The van der Waals surface area contributed by atoms with E-state index >= 15 is 0 Å².